The van der Waals surface area contributed by atoms with Crippen molar-refractivity contribution in [3.63, 3.8) is 0 Å². The molecule has 4 N–H and O–H groups in total. The van der Waals surface area contributed by atoms with Crippen molar-refractivity contribution in [2.24, 2.45) is 5.84 Å². The molecule has 2 rings (SSSR count). The monoisotopic (exact) mass is 258 g/mol. The molecular weight excluding hydrogens is 242 g/mol. The predicted octanol–water partition coefficient (Wildman–Crippen LogP) is 0.220. The first-order valence-electron chi connectivity index (χ1n) is 5.63. The highest BCUT2D eigenvalue weighted by molar-refractivity contribution is 5.46. The second-order valence-electron chi connectivity index (χ2n) is 4.20. The maximum Gasteiger partial charge on any atom is 0.179 e. The van der Waals surface area contributed by atoms with Gasteiger partial charge in [0.05, 0.1) is 0 Å². The molecule has 8 heteroatoms. The number of halogens is 2. The molecular formula is C10H16F2N6. The fraction of sp³-hybridized carbons (Fsp3) is 0.500. The summed E-state index contributed by atoms with van der Waals surface area (Å²) in [6, 6.07) is 0.751. The summed E-state index contributed by atoms with van der Waals surface area (Å²) in [5.41, 5.74) is 4.92. The van der Waals surface area contributed by atoms with Crippen molar-refractivity contribution in [2.45, 2.75) is 0 Å². The predicted molar refractivity (Wildman–Crippen MR) is 64.7 cm³/mol. The number of nitrogens with one attached hydrogen (secondary N) is 2. The number of aromatic nitrogens is 1. The van der Waals surface area contributed by atoms with Crippen molar-refractivity contribution < 1.29 is 8.78 Å². The third-order valence-corrected chi connectivity index (χ3v) is 2.83. The van der Waals surface area contributed by atoms with Gasteiger partial charge in [-0.1, -0.05) is 0 Å². The van der Waals surface area contributed by atoms with Crippen LogP contribution in [0.5, 0.6) is 0 Å². The van der Waals surface area contributed by atoms with E-state index >= 15 is 0 Å². The van der Waals surface area contributed by atoms with Crippen LogP contribution >= 0.6 is 0 Å². The quantitative estimate of drug-likeness (QED) is 0.532. The fourth-order valence-electron chi connectivity index (χ4n) is 1.71. The van der Waals surface area contributed by atoms with Gasteiger partial charge in [0.2, 0.25) is 0 Å². The summed E-state index contributed by atoms with van der Waals surface area (Å²) in [5.74, 6) is 3.31. The van der Waals surface area contributed by atoms with Crippen molar-refractivity contribution in [3.8, 4) is 0 Å². The molecule has 1 aliphatic heterocycles. The zero-order chi connectivity index (χ0) is 13.1. The van der Waals surface area contributed by atoms with Gasteiger partial charge in [0.25, 0.3) is 0 Å². The molecule has 0 unspecified atom stereocenters. The van der Waals surface area contributed by atoms with E-state index in [1.54, 1.807) is 0 Å². The molecule has 1 aromatic rings. The third kappa shape index (κ3) is 2.84. The zero-order valence-corrected chi connectivity index (χ0v) is 10.1. The summed E-state index contributed by atoms with van der Waals surface area (Å²) in [4.78, 5) is 5.92. The molecule has 1 aromatic heterocycles. The van der Waals surface area contributed by atoms with Gasteiger partial charge < -0.3 is 15.8 Å². The molecule has 1 aliphatic rings. The van der Waals surface area contributed by atoms with Crippen LogP contribution in [0.1, 0.15) is 0 Å². The number of hydrogen-bond acceptors (Lipinski definition) is 6. The van der Waals surface area contributed by atoms with Crippen molar-refractivity contribution in [1.82, 2.24) is 14.9 Å². The SMILES string of the molecule is CN1CCN(Nc2nc(NN)c(F)cc2F)CC1. The highest BCUT2D eigenvalue weighted by Crippen LogP contribution is 2.18. The van der Waals surface area contributed by atoms with Crippen LogP contribution in [0.3, 0.4) is 0 Å². The molecule has 0 aromatic carbocycles. The molecule has 1 fully saturated rings. The lowest BCUT2D eigenvalue weighted by Gasteiger charge is -2.32. The molecule has 0 saturated carbocycles. The van der Waals surface area contributed by atoms with Crippen LogP contribution in [-0.4, -0.2) is 48.1 Å². The summed E-state index contributed by atoms with van der Waals surface area (Å²) in [6.45, 7) is 3.22. The van der Waals surface area contributed by atoms with E-state index in [1.807, 2.05) is 12.1 Å². The summed E-state index contributed by atoms with van der Waals surface area (Å²) >= 11 is 0. The fourth-order valence-corrected chi connectivity index (χ4v) is 1.71. The molecule has 18 heavy (non-hydrogen) atoms. The minimum atomic E-state index is -0.820. The molecule has 0 atom stereocenters. The highest BCUT2D eigenvalue weighted by atomic mass is 19.1. The Bertz CT molecular complexity index is 419. The summed E-state index contributed by atoms with van der Waals surface area (Å²) in [5, 5.41) is 1.84. The van der Waals surface area contributed by atoms with Crippen LogP contribution in [0.25, 0.3) is 0 Å². The molecule has 1 saturated heterocycles. The van der Waals surface area contributed by atoms with Crippen LogP contribution < -0.4 is 16.7 Å². The zero-order valence-electron chi connectivity index (χ0n) is 10.1. The van der Waals surface area contributed by atoms with Crippen LogP contribution in [-0.2, 0) is 0 Å². The van der Waals surface area contributed by atoms with Crippen LogP contribution in [0.15, 0.2) is 6.07 Å². The first kappa shape index (κ1) is 12.9. The van der Waals surface area contributed by atoms with E-state index in [2.05, 4.69) is 20.7 Å². The first-order valence-corrected chi connectivity index (χ1v) is 5.63. The number of nitrogen functional groups attached to an aromatic ring is 1. The van der Waals surface area contributed by atoms with E-state index in [-0.39, 0.29) is 11.6 Å². The standard InChI is InChI=1S/C10H16F2N6/c1-17-2-4-18(5-3-17)16-10-8(12)6-7(11)9(14-10)15-13/h6H,2-5,13H2,1H3,(H2,14,15,16). The van der Waals surface area contributed by atoms with E-state index in [1.165, 1.54) is 0 Å². The lowest BCUT2D eigenvalue weighted by Crippen LogP contribution is -2.47. The lowest BCUT2D eigenvalue weighted by atomic mass is 10.4. The molecule has 0 radical (unpaired) electrons. The Morgan fingerprint density at radius 1 is 1.17 bits per heavy atom. The topological polar surface area (TPSA) is 69.5 Å². The molecule has 0 bridgehead atoms. The summed E-state index contributed by atoms with van der Waals surface area (Å²) in [6.07, 6.45) is 0. The van der Waals surface area contributed by atoms with Gasteiger partial charge in [-0.2, -0.15) is 0 Å². The number of hydrogen-bond donors (Lipinski definition) is 3. The van der Waals surface area contributed by atoms with Gasteiger partial charge in [0.15, 0.2) is 23.3 Å². The van der Waals surface area contributed by atoms with Crippen LogP contribution in [0, 0.1) is 11.6 Å². The van der Waals surface area contributed by atoms with Crippen LogP contribution in [0.2, 0.25) is 0 Å². The number of pyridine rings is 1. The lowest BCUT2D eigenvalue weighted by molar-refractivity contribution is 0.178. The molecule has 100 valence electrons. The van der Waals surface area contributed by atoms with E-state index < -0.39 is 11.6 Å². The Morgan fingerprint density at radius 3 is 2.39 bits per heavy atom. The van der Waals surface area contributed by atoms with Gasteiger partial charge >= 0.3 is 0 Å². The number of nitrogens with zero attached hydrogens (tertiary/aromatic N) is 3. The largest absolute Gasteiger partial charge is 0.306 e. The Kier molecular flexibility index (Phi) is 3.90. The second-order valence-corrected chi connectivity index (χ2v) is 4.20. The van der Waals surface area contributed by atoms with Crippen molar-refractivity contribution >= 4 is 11.6 Å². The van der Waals surface area contributed by atoms with Gasteiger partial charge in [-0.15, -0.1) is 0 Å². The highest BCUT2D eigenvalue weighted by Gasteiger charge is 2.17. The van der Waals surface area contributed by atoms with Gasteiger partial charge in [0, 0.05) is 32.2 Å². The number of likely N-dealkylation sites (N-methyl/N-ethyl adjacent to an activating group) is 1. The Morgan fingerprint density at radius 2 is 1.78 bits per heavy atom. The van der Waals surface area contributed by atoms with Crippen LogP contribution in [0.4, 0.5) is 20.4 Å². The molecule has 6 nitrogen and oxygen atoms in total. The van der Waals surface area contributed by atoms with Crippen molar-refractivity contribution in [1.29, 1.82) is 0 Å². The minimum absolute atomic E-state index is 0.0334. The normalized spacial score (nSPS) is 17.8. The van der Waals surface area contributed by atoms with E-state index in [0.29, 0.717) is 0 Å². The van der Waals surface area contributed by atoms with E-state index in [9.17, 15) is 8.78 Å². The van der Waals surface area contributed by atoms with E-state index in [4.69, 9.17) is 5.84 Å². The van der Waals surface area contributed by atoms with E-state index in [0.717, 1.165) is 32.2 Å². The molecule has 0 spiro atoms. The summed E-state index contributed by atoms with van der Waals surface area (Å²) in [7, 11) is 2.02. The minimum Gasteiger partial charge on any atom is -0.306 e. The Balaban J connectivity index is 2.09. The van der Waals surface area contributed by atoms with Gasteiger partial charge in [0.1, 0.15) is 0 Å². The molecule has 2 heterocycles. The number of piperazine rings is 1. The van der Waals surface area contributed by atoms with Gasteiger partial charge in [-0.25, -0.2) is 24.6 Å². The second kappa shape index (κ2) is 5.42. The van der Waals surface area contributed by atoms with Crippen molar-refractivity contribution in [3.05, 3.63) is 17.7 Å². The van der Waals surface area contributed by atoms with Crippen molar-refractivity contribution in [2.75, 3.05) is 44.1 Å². The third-order valence-electron chi connectivity index (χ3n) is 2.83. The average Bonchev–Trinajstić information content (AvgIpc) is 2.35. The Labute approximate surface area is 104 Å². The smallest absolute Gasteiger partial charge is 0.179 e. The van der Waals surface area contributed by atoms with Gasteiger partial charge in [-0.3, -0.25) is 0 Å². The summed E-state index contributed by atoms with van der Waals surface area (Å²) < 4.78 is 26.7. The maximum atomic E-state index is 13.5. The average molecular weight is 258 g/mol. The number of anilines is 2. The molecule has 0 amide bonds. The number of hydrazine groups is 2. The number of rotatable bonds is 3. The number of nitrogens with two attached hydrogens (primary N) is 1. The first-order chi connectivity index (χ1) is 8.60. The molecule has 0 aliphatic carbocycles. The maximum absolute atomic E-state index is 13.5. The van der Waals surface area contributed by atoms with Gasteiger partial charge in [-0.05, 0) is 7.05 Å². The Hall–Kier alpha value is -1.51.